The molecule has 31 heavy (non-hydrogen) atoms. The Morgan fingerprint density at radius 2 is 1.90 bits per heavy atom. The number of benzene rings is 1. The number of hydrogen-bond donors (Lipinski definition) is 1. The fourth-order valence-electron chi connectivity index (χ4n) is 4.73. The number of amides is 1. The molecule has 0 radical (unpaired) electrons. The van der Waals surface area contributed by atoms with Gasteiger partial charge < -0.3 is 19.2 Å². The van der Waals surface area contributed by atoms with Crippen molar-refractivity contribution in [2.24, 2.45) is 0 Å². The van der Waals surface area contributed by atoms with E-state index in [9.17, 15) is 9.59 Å². The summed E-state index contributed by atoms with van der Waals surface area (Å²) in [5, 5.41) is 9.90. The summed E-state index contributed by atoms with van der Waals surface area (Å²) in [7, 11) is 0. The lowest BCUT2D eigenvalue weighted by molar-refractivity contribution is -0.139. The maximum Gasteiger partial charge on any atom is 0.339 e. The highest BCUT2D eigenvalue weighted by Crippen LogP contribution is 2.33. The Morgan fingerprint density at radius 1 is 1.16 bits per heavy atom. The van der Waals surface area contributed by atoms with Crippen LogP contribution >= 0.6 is 0 Å². The number of nitrogens with zero attached hydrogens (tertiary/aromatic N) is 2. The number of fused-ring (bicyclic) bond motifs is 3. The van der Waals surface area contributed by atoms with E-state index in [1.54, 1.807) is 6.92 Å². The summed E-state index contributed by atoms with van der Waals surface area (Å²) in [4.78, 5) is 29.5. The van der Waals surface area contributed by atoms with Crippen molar-refractivity contribution in [1.29, 1.82) is 0 Å². The van der Waals surface area contributed by atoms with Gasteiger partial charge in [-0.1, -0.05) is 0 Å². The molecule has 1 amide bonds. The molecule has 1 N–H and O–H groups in total. The molecule has 1 fully saturated rings. The number of hydrogen-bond acceptors (Lipinski definition) is 6. The van der Waals surface area contributed by atoms with Crippen molar-refractivity contribution in [1.82, 2.24) is 9.80 Å². The van der Waals surface area contributed by atoms with Crippen LogP contribution in [0.25, 0.3) is 11.0 Å². The molecule has 1 unspecified atom stereocenters. The topological polar surface area (TPSA) is 83.2 Å². The number of unbranched alkanes of at least 4 members (excludes halogenated alkanes) is 1. The fourth-order valence-corrected chi connectivity index (χ4v) is 4.73. The maximum atomic E-state index is 12.9. The average molecular weight is 429 g/mol. The van der Waals surface area contributed by atoms with Gasteiger partial charge in [-0.3, -0.25) is 9.69 Å². The summed E-state index contributed by atoms with van der Waals surface area (Å²) in [6.07, 6.45) is 3.85. The number of carbonyl (C=O) groups is 1. The lowest BCUT2D eigenvalue weighted by Gasteiger charge is -2.36. The molecular formula is C24H32N2O5. The Morgan fingerprint density at radius 3 is 2.65 bits per heavy atom. The standard InChI is InChI=1S/C24H32N2O5/c1-16-21(9-8-19-18-6-5-7-20(18)24(29)31-22(16)19)30-17(2)23(28)26-13-11-25(12-14-26)10-3-4-15-27/h8-9,17,27H,3-7,10-15H2,1-2H3. The molecule has 1 aliphatic heterocycles. The Balaban J connectivity index is 1.42. The zero-order valence-electron chi connectivity index (χ0n) is 18.5. The van der Waals surface area contributed by atoms with Crippen LogP contribution in [0.15, 0.2) is 21.3 Å². The second kappa shape index (κ2) is 9.40. The first-order chi connectivity index (χ1) is 15.0. The molecule has 0 saturated carbocycles. The van der Waals surface area contributed by atoms with Crippen molar-refractivity contribution in [2.75, 3.05) is 39.3 Å². The molecule has 0 spiro atoms. The van der Waals surface area contributed by atoms with Crippen molar-refractivity contribution >= 4 is 16.9 Å². The first kappa shape index (κ1) is 21.8. The zero-order chi connectivity index (χ0) is 22.0. The summed E-state index contributed by atoms with van der Waals surface area (Å²) >= 11 is 0. The van der Waals surface area contributed by atoms with E-state index in [0.29, 0.717) is 24.4 Å². The molecule has 1 atom stereocenters. The number of aliphatic hydroxyl groups is 1. The van der Waals surface area contributed by atoms with E-state index in [2.05, 4.69) is 4.90 Å². The number of carbonyl (C=O) groups excluding carboxylic acids is 1. The van der Waals surface area contributed by atoms with E-state index in [4.69, 9.17) is 14.3 Å². The van der Waals surface area contributed by atoms with Gasteiger partial charge in [-0.25, -0.2) is 4.79 Å². The smallest absolute Gasteiger partial charge is 0.339 e. The van der Waals surface area contributed by atoms with Gasteiger partial charge in [-0.05, 0) is 70.2 Å². The van der Waals surface area contributed by atoms with Crippen molar-refractivity contribution in [2.45, 2.75) is 52.1 Å². The molecular weight excluding hydrogens is 396 g/mol. The van der Waals surface area contributed by atoms with E-state index in [-0.39, 0.29) is 18.1 Å². The molecule has 1 saturated heterocycles. The largest absolute Gasteiger partial charge is 0.480 e. The first-order valence-corrected chi connectivity index (χ1v) is 11.4. The van der Waals surface area contributed by atoms with Gasteiger partial charge in [0.1, 0.15) is 11.3 Å². The van der Waals surface area contributed by atoms with Crippen LogP contribution in [0.1, 0.15) is 42.9 Å². The molecule has 2 aromatic rings. The van der Waals surface area contributed by atoms with Crippen molar-refractivity contribution in [3.05, 3.63) is 39.2 Å². The highest BCUT2D eigenvalue weighted by atomic mass is 16.5. The van der Waals surface area contributed by atoms with Gasteiger partial charge in [0.2, 0.25) is 0 Å². The predicted octanol–water partition coefficient (Wildman–Crippen LogP) is 2.27. The first-order valence-electron chi connectivity index (χ1n) is 11.4. The maximum absolute atomic E-state index is 12.9. The Kier molecular flexibility index (Phi) is 6.62. The lowest BCUT2D eigenvalue weighted by Crippen LogP contribution is -2.52. The monoisotopic (exact) mass is 428 g/mol. The highest BCUT2D eigenvalue weighted by molar-refractivity contribution is 5.86. The van der Waals surface area contributed by atoms with Crippen molar-refractivity contribution < 1.29 is 19.1 Å². The van der Waals surface area contributed by atoms with E-state index < -0.39 is 6.10 Å². The third-order valence-corrected chi connectivity index (χ3v) is 6.56. The molecule has 1 aliphatic carbocycles. The van der Waals surface area contributed by atoms with Gasteiger partial charge in [-0.2, -0.15) is 0 Å². The summed E-state index contributed by atoms with van der Waals surface area (Å²) in [5.74, 6) is 0.557. The zero-order valence-corrected chi connectivity index (χ0v) is 18.5. The van der Waals surface area contributed by atoms with Gasteiger partial charge in [0.25, 0.3) is 5.91 Å². The molecule has 0 bridgehead atoms. The van der Waals surface area contributed by atoms with Crippen LogP contribution in [0, 0.1) is 6.92 Å². The average Bonchev–Trinajstić information content (AvgIpc) is 3.27. The minimum absolute atomic E-state index is 0.0232. The predicted molar refractivity (Wildman–Crippen MR) is 119 cm³/mol. The minimum atomic E-state index is -0.613. The van der Waals surface area contributed by atoms with Crippen LogP contribution in [-0.4, -0.2) is 66.2 Å². The summed E-state index contributed by atoms with van der Waals surface area (Å²) in [5.41, 5.74) is 2.99. The van der Waals surface area contributed by atoms with Crippen molar-refractivity contribution in [3.8, 4) is 5.75 Å². The Hall–Kier alpha value is -2.38. The van der Waals surface area contributed by atoms with E-state index in [1.807, 2.05) is 24.0 Å². The van der Waals surface area contributed by atoms with E-state index in [0.717, 1.165) is 73.8 Å². The molecule has 4 rings (SSSR count). The normalized spacial score (nSPS) is 17.7. The molecule has 1 aromatic carbocycles. The van der Waals surface area contributed by atoms with Crippen LogP contribution in [0.4, 0.5) is 0 Å². The molecule has 1 aromatic heterocycles. The van der Waals surface area contributed by atoms with Crippen LogP contribution in [-0.2, 0) is 17.6 Å². The van der Waals surface area contributed by atoms with Crippen LogP contribution in [0.3, 0.4) is 0 Å². The number of rotatable bonds is 7. The second-order valence-corrected chi connectivity index (χ2v) is 8.62. The summed E-state index contributed by atoms with van der Waals surface area (Å²) in [6.45, 7) is 7.90. The second-order valence-electron chi connectivity index (χ2n) is 8.62. The third-order valence-electron chi connectivity index (χ3n) is 6.56. The van der Waals surface area contributed by atoms with Gasteiger partial charge in [0, 0.05) is 49.3 Å². The van der Waals surface area contributed by atoms with E-state index in [1.165, 1.54) is 0 Å². The molecule has 168 valence electrons. The number of ether oxygens (including phenoxy) is 1. The molecule has 2 aliphatic rings. The van der Waals surface area contributed by atoms with Crippen molar-refractivity contribution in [3.63, 3.8) is 0 Å². The van der Waals surface area contributed by atoms with Gasteiger partial charge >= 0.3 is 5.63 Å². The molecule has 2 heterocycles. The SMILES string of the molecule is Cc1c(OC(C)C(=O)N2CCN(CCCCO)CC2)ccc2c3c(c(=O)oc12)CCC3. The highest BCUT2D eigenvalue weighted by Gasteiger charge is 2.27. The Labute approximate surface area is 182 Å². The third kappa shape index (κ3) is 4.48. The number of aryl methyl sites for hydroxylation is 2. The van der Waals surface area contributed by atoms with Gasteiger partial charge in [0.15, 0.2) is 6.10 Å². The number of piperazine rings is 1. The summed E-state index contributed by atoms with van der Waals surface area (Å²) < 4.78 is 11.7. The minimum Gasteiger partial charge on any atom is -0.480 e. The molecule has 7 heteroatoms. The fraction of sp³-hybridized carbons (Fsp3) is 0.583. The molecule has 7 nitrogen and oxygen atoms in total. The van der Waals surface area contributed by atoms with Gasteiger partial charge in [-0.15, -0.1) is 0 Å². The van der Waals surface area contributed by atoms with Crippen LogP contribution in [0.2, 0.25) is 0 Å². The van der Waals surface area contributed by atoms with E-state index >= 15 is 0 Å². The Bertz CT molecular complexity index is 1010. The lowest BCUT2D eigenvalue weighted by atomic mass is 10.0. The van der Waals surface area contributed by atoms with Crippen LogP contribution < -0.4 is 10.4 Å². The van der Waals surface area contributed by atoms with Crippen LogP contribution in [0.5, 0.6) is 5.75 Å². The summed E-state index contributed by atoms with van der Waals surface area (Å²) in [6, 6.07) is 3.84. The number of aliphatic hydroxyl groups excluding tert-OH is 1. The quantitative estimate of drug-likeness (QED) is 0.538. The van der Waals surface area contributed by atoms with Gasteiger partial charge in [0.05, 0.1) is 0 Å².